The van der Waals surface area contributed by atoms with Gasteiger partial charge in [0.15, 0.2) is 5.78 Å². The van der Waals surface area contributed by atoms with Gasteiger partial charge in [0.1, 0.15) is 5.69 Å². The highest BCUT2D eigenvalue weighted by Crippen LogP contribution is 2.27. The highest BCUT2D eigenvalue weighted by atomic mass is 16.6. The number of carboxylic acids is 1. The van der Waals surface area contributed by atoms with Gasteiger partial charge in [-0.2, -0.15) is 0 Å². The number of ketones is 1. The van der Waals surface area contributed by atoms with Gasteiger partial charge in [0.2, 0.25) is 0 Å². The molecule has 0 aromatic heterocycles. The third kappa shape index (κ3) is 4.87. The van der Waals surface area contributed by atoms with Crippen LogP contribution in [0.15, 0.2) is 48.5 Å². The third-order valence-corrected chi connectivity index (χ3v) is 3.73. The van der Waals surface area contributed by atoms with Gasteiger partial charge in [-0.25, -0.2) is 0 Å². The molecule has 7 nitrogen and oxygen atoms in total. The lowest BCUT2D eigenvalue weighted by molar-refractivity contribution is -0.384. The maximum atomic E-state index is 12.2. The first-order valence-corrected chi connectivity index (χ1v) is 7.70. The van der Waals surface area contributed by atoms with Crippen LogP contribution in [0.25, 0.3) is 0 Å². The van der Waals surface area contributed by atoms with E-state index < -0.39 is 22.6 Å². The van der Waals surface area contributed by atoms with Crippen molar-refractivity contribution in [2.45, 2.75) is 19.9 Å². The zero-order valence-corrected chi connectivity index (χ0v) is 13.6. The molecule has 0 amide bonds. The van der Waals surface area contributed by atoms with Crippen molar-refractivity contribution < 1.29 is 19.6 Å². The SMILES string of the molecule is CC(CC(=O)O)C(=O)c1ccc(NCc2ccccc2)c([N+](=O)[O-])c1. The number of nitro benzene ring substituents is 1. The monoisotopic (exact) mass is 342 g/mol. The lowest BCUT2D eigenvalue weighted by atomic mass is 9.96. The Bertz CT molecular complexity index is 789. The van der Waals surface area contributed by atoms with Crippen LogP contribution in [0.1, 0.15) is 29.3 Å². The molecule has 1 atom stereocenters. The Morgan fingerprint density at radius 1 is 1.20 bits per heavy atom. The Balaban J connectivity index is 2.21. The summed E-state index contributed by atoms with van der Waals surface area (Å²) in [4.78, 5) is 33.7. The van der Waals surface area contributed by atoms with Gasteiger partial charge < -0.3 is 10.4 Å². The van der Waals surface area contributed by atoms with Gasteiger partial charge in [0.05, 0.1) is 11.3 Å². The first-order valence-electron chi connectivity index (χ1n) is 7.70. The van der Waals surface area contributed by atoms with Gasteiger partial charge in [0, 0.05) is 24.1 Å². The van der Waals surface area contributed by atoms with Gasteiger partial charge in [-0.05, 0) is 17.7 Å². The zero-order chi connectivity index (χ0) is 18.4. The normalized spacial score (nSPS) is 11.6. The molecule has 2 N–H and O–H groups in total. The van der Waals surface area contributed by atoms with Gasteiger partial charge in [-0.15, -0.1) is 0 Å². The Labute approximate surface area is 144 Å². The summed E-state index contributed by atoms with van der Waals surface area (Å²) >= 11 is 0. The summed E-state index contributed by atoms with van der Waals surface area (Å²) in [6, 6.07) is 13.5. The predicted octanol–water partition coefficient (Wildman–Crippen LogP) is 3.50. The van der Waals surface area contributed by atoms with Crippen LogP contribution in [0.4, 0.5) is 11.4 Å². The number of nitrogens with one attached hydrogen (secondary N) is 1. The van der Waals surface area contributed by atoms with Gasteiger partial charge in [-0.1, -0.05) is 37.3 Å². The predicted molar refractivity (Wildman–Crippen MR) is 92.6 cm³/mol. The van der Waals surface area contributed by atoms with Crippen LogP contribution < -0.4 is 5.32 Å². The highest BCUT2D eigenvalue weighted by molar-refractivity contribution is 6.00. The number of hydrogen-bond acceptors (Lipinski definition) is 5. The van der Waals surface area contributed by atoms with E-state index in [4.69, 9.17) is 5.11 Å². The Kier molecular flexibility index (Phi) is 5.84. The lowest BCUT2D eigenvalue weighted by Crippen LogP contribution is -2.16. The summed E-state index contributed by atoms with van der Waals surface area (Å²) in [5.74, 6) is -2.27. The number of Topliss-reactive ketones (excluding diaryl/α,β-unsaturated/α-hetero) is 1. The number of anilines is 1. The molecule has 0 aliphatic heterocycles. The average Bonchev–Trinajstić information content (AvgIpc) is 2.59. The summed E-state index contributed by atoms with van der Waals surface area (Å²) < 4.78 is 0. The fourth-order valence-electron chi connectivity index (χ4n) is 2.42. The smallest absolute Gasteiger partial charge is 0.304 e. The summed E-state index contributed by atoms with van der Waals surface area (Å²) in [6.07, 6.45) is -0.319. The van der Waals surface area contributed by atoms with E-state index in [1.807, 2.05) is 30.3 Å². The molecule has 0 aliphatic carbocycles. The molecule has 0 aliphatic rings. The molecule has 2 aromatic carbocycles. The van der Waals surface area contributed by atoms with E-state index in [0.29, 0.717) is 12.2 Å². The van der Waals surface area contributed by atoms with Crippen molar-refractivity contribution in [3.8, 4) is 0 Å². The minimum atomic E-state index is -1.09. The van der Waals surface area contributed by atoms with Crippen molar-refractivity contribution in [3.63, 3.8) is 0 Å². The standard InChI is InChI=1S/C18H18N2O5/c1-12(9-17(21)22)18(23)14-7-8-15(16(10-14)20(24)25)19-11-13-5-3-2-4-6-13/h2-8,10,12,19H,9,11H2,1H3,(H,21,22). The lowest BCUT2D eigenvalue weighted by Gasteiger charge is -2.11. The molecule has 2 aromatic rings. The van der Waals surface area contributed by atoms with Crippen LogP contribution in [-0.4, -0.2) is 21.8 Å². The van der Waals surface area contributed by atoms with Gasteiger partial charge in [-0.3, -0.25) is 19.7 Å². The van der Waals surface area contributed by atoms with Crippen LogP contribution in [0.3, 0.4) is 0 Å². The highest BCUT2D eigenvalue weighted by Gasteiger charge is 2.22. The fraction of sp³-hybridized carbons (Fsp3) is 0.222. The van der Waals surface area contributed by atoms with Gasteiger partial charge >= 0.3 is 5.97 Å². The van der Waals surface area contributed by atoms with E-state index in [9.17, 15) is 19.7 Å². The number of nitrogens with zero attached hydrogens (tertiary/aromatic N) is 1. The first kappa shape index (κ1) is 18.1. The van der Waals surface area contributed by atoms with Crippen LogP contribution in [0.2, 0.25) is 0 Å². The van der Waals surface area contributed by atoms with E-state index in [1.54, 1.807) is 0 Å². The topological polar surface area (TPSA) is 110 Å². The van der Waals surface area contributed by atoms with Crippen molar-refractivity contribution in [1.82, 2.24) is 0 Å². The molecule has 0 fully saturated rings. The van der Waals surface area contributed by atoms with Crippen molar-refractivity contribution in [2.24, 2.45) is 5.92 Å². The number of nitro groups is 1. The molecular formula is C18H18N2O5. The number of carbonyl (C=O) groups is 2. The number of aliphatic carboxylic acids is 1. The number of hydrogen-bond donors (Lipinski definition) is 2. The molecule has 0 bridgehead atoms. The molecule has 2 rings (SSSR count). The summed E-state index contributed by atoms with van der Waals surface area (Å²) in [5.41, 5.74) is 1.18. The third-order valence-electron chi connectivity index (χ3n) is 3.73. The van der Waals surface area contributed by atoms with E-state index in [0.717, 1.165) is 5.56 Å². The molecule has 0 saturated heterocycles. The van der Waals surface area contributed by atoms with Crippen LogP contribution in [0, 0.1) is 16.0 Å². The summed E-state index contributed by atoms with van der Waals surface area (Å²) in [7, 11) is 0. The Morgan fingerprint density at radius 2 is 1.88 bits per heavy atom. The number of carboxylic acid groups (broad SMARTS) is 1. The molecule has 130 valence electrons. The molecule has 0 saturated carbocycles. The minimum Gasteiger partial charge on any atom is -0.481 e. The second-order valence-electron chi connectivity index (χ2n) is 5.69. The number of rotatable bonds is 8. The maximum absolute atomic E-state index is 12.2. The molecule has 25 heavy (non-hydrogen) atoms. The zero-order valence-electron chi connectivity index (χ0n) is 13.6. The number of carbonyl (C=O) groups excluding carboxylic acids is 1. The summed E-state index contributed by atoms with van der Waals surface area (Å²) in [6.45, 7) is 1.90. The van der Waals surface area contributed by atoms with Crippen LogP contribution in [-0.2, 0) is 11.3 Å². The van der Waals surface area contributed by atoms with Crippen LogP contribution >= 0.6 is 0 Å². The summed E-state index contributed by atoms with van der Waals surface area (Å²) in [5, 5.41) is 23.1. The van der Waals surface area contributed by atoms with E-state index in [-0.39, 0.29) is 17.7 Å². The quantitative estimate of drug-likeness (QED) is 0.432. The van der Waals surface area contributed by atoms with Crippen molar-refractivity contribution in [2.75, 3.05) is 5.32 Å². The molecule has 0 spiro atoms. The molecule has 0 heterocycles. The Hall–Kier alpha value is -3.22. The van der Waals surface area contributed by atoms with Gasteiger partial charge in [0.25, 0.3) is 5.69 Å². The molecular weight excluding hydrogens is 324 g/mol. The fourth-order valence-corrected chi connectivity index (χ4v) is 2.42. The minimum absolute atomic E-state index is 0.130. The first-order chi connectivity index (χ1) is 11.9. The second kappa shape index (κ2) is 8.05. The van der Waals surface area contributed by atoms with Crippen molar-refractivity contribution in [1.29, 1.82) is 0 Å². The van der Waals surface area contributed by atoms with Crippen molar-refractivity contribution >= 4 is 23.1 Å². The molecule has 1 unspecified atom stereocenters. The second-order valence-corrected chi connectivity index (χ2v) is 5.69. The van der Waals surface area contributed by atoms with Crippen LogP contribution in [0.5, 0.6) is 0 Å². The largest absolute Gasteiger partial charge is 0.481 e. The van der Waals surface area contributed by atoms with E-state index >= 15 is 0 Å². The number of benzene rings is 2. The molecule has 0 radical (unpaired) electrons. The van der Waals surface area contributed by atoms with Crippen molar-refractivity contribution in [3.05, 3.63) is 69.8 Å². The molecule has 7 heteroatoms. The maximum Gasteiger partial charge on any atom is 0.304 e. The van der Waals surface area contributed by atoms with E-state index in [1.165, 1.54) is 25.1 Å². The van der Waals surface area contributed by atoms with E-state index in [2.05, 4.69) is 5.32 Å². The average molecular weight is 342 g/mol. The Morgan fingerprint density at radius 3 is 2.48 bits per heavy atom.